The van der Waals surface area contributed by atoms with E-state index in [-0.39, 0.29) is 36.4 Å². The quantitative estimate of drug-likeness (QED) is 0.0973. The Hall–Kier alpha value is -4.27. The molecule has 0 spiro atoms. The molecule has 15 heteroatoms. The van der Waals surface area contributed by atoms with Gasteiger partial charge in [-0.15, -0.1) is 0 Å². The smallest absolute Gasteiger partial charge is 0.342 e. The fourth-order valence-electron chi connectivity index (χ4n) is 2.95. The number of carbonyl (C=O) groups excluding carboxylic acids is 3. The molecule has 204 valence electrons. The van der Waals surface area contributed by atoms with Crippen molar-refractivity contribution >= 4 is 41.4 Å². The number of benzene rings is 1. The van der Waals surface area contributed by atoms with Crippen molar-refractivity contribution in [3.05, 3.63) is 29.8 Å². The molecule has 0 aliphatic carbocycles. The van der Waals surface area contributed by atoms with Crippen molar-refractivity contribution in [2.24, 2.45) is 0 Å². The van der Waals surface area contributed by atoms with E-state index in [0.29, 0.717) is 5.69 Å². The summed E-state index contributed by atoms with van der Waals surface area (Å²) in [6.45, 7) is 1.21. The third-order valence-electron chi connectivity index (χ3n) is 5.00. The van der Waals surface area contributed by atoms with Gasteiger partial charge in [0.1, 0.15) is 6.04 Å². The van der Waals surface area contributed by atoms with E-state index in [1.54, 1.807) is 0 Å². The maximum Gasteiger partial charge on any atom is 0.342 e. The van der Waals surface area contributed by atoms with Gasteiger partial charge in [-0.3, -0.25) is 19.6 Å². The molecule has 0 heterocycles. The van der Waals surface area contributed by atoms with Crippen LogP contribution in [0.5, 0.6) is 0 Å². The Labute approximate surface area is 210 Å². The molecule has 1 aromatic rings. The number of carboxylic acid groups (broad SMARTS) is 3. The first kappa shape index (κ1) is 30.8. The normalized spacial score (nSPS) is 12.9. The summed E-state index contributed by atoms with van der Waals surface area (Å²) in [5, 5.41) is 43.6. The predicted octanol–water partition coefficient (Wildman–Crippen LogP) is 1.06. The van der Waals surface area contributed by atoms with Gasteiger partial charge < -0.3 is 31.3 Å². The molecule has 0 saturated heterocycles. The number of amides is 4. The van der Waals surface area contributed by atoms with Crippen LogP contribution in [-0.2, 0) is 19.2 Å². The number of hydroxylamine groups is 2. The van der Waals surface area contributed by atoms with Gasteiger partial charge in [0.25, 0.3) is 11.8 Å². The molecule has 0 fully saturated rings. The van der Waals surface area contributed by atoms with Crippen molar-refractivity contribution in [1.82, 2.24) is 15.7 Å². The van der Waals surface area contributed by atoms with Gasteiger partial charge in [-0.05, 0) is 56.9 Å². The van der Waals surface area contributed by atoms with Gasteiger partial charge in [-0.25, -0.2) is 18.8 Å². The lowest BCUT2D eigenvalue weighted by Gasteiger charge is -2.24. The number of urea groups is 1. The summed E-state index contributed by atoms with van der Waals surface area (Å²) in [7, 11) is 0. The van der Waals surface area contributed by atoms with E-state index >= 15 is 0 Å². The van der Waals surface area contributed by atoms with Gasteiger partial charge in [0.05, 0.1) is 0 Å². The lowest BCUT2D eigenvalue weighted by Crippen LogP contribution is -2.52. The fraction of sp³-hybridized carbons (Fsp3) is 0.455. The third kappa shape index (κ3) is 10.9. The zero-order valence-electron chi connectivity index (χ0n) is 19.8. The maximum atomic E-state index is 12.9. The molecule has 0 saturated carbocycles. The first-order valence-corrected chi connectivity index (χ1v) is 11.1. The molecule has 3 atom stereocenters. The van der Waals surface area contributed by atoms with Crippen LogP contribution in [0.2, 0.25) is 0 Å². The summed E-state index contributed by atoms with van der Waals surface area (Å²) >= 11 is 0. The Balaban J connectivity index is 2.52. The average molecular weight is 528 g/mol. The Bertz CT molecular complexity index is 986. The van der Waals surface area contributed by atoms with Gasteiger partial charge >= 0.3 is 23.9 Å². The Kier molecular flexibility index (Phi) is 12.5. The van der Waals surface area contributed by atoms with Crippen molar-refractivity contribution in [2.75, 3.05) is 11.9 Å². The number of halogens is 1. The molecular formula is C22H29FN4O10. The molecular weight excluding hydrogens is 499 g/mol. The number of hydrogen-bond donors (Lipinski definition) is 7. The molecule has 1 aromatic carbocycles. The Morgan fingerprint density at radius 2 is 1.57 bits per heavy atom. The van der Waals surface area contributed by atoms with Gasteiger partial charge in [-0.2, -0.15) is 5.06 Å². The lowest BCUT2D eigenvalue weighted by molar-refractivity contribution is -0.157. The van der Waals surface area contributed by atoms with Crippen LogP contribution in [0.25, 0.3) is 0 Å². The van der Waals surface area contributed by atoms with E-state index in [1.807, 2.05) is 5.32 Å². The van der Waals surface area contributed by atoms with Crippen LogP contribution in [0, 0.1) is 0 Å². The van der Waals surface area contributed by atoms with Crippen molar-refractivity contribution < 1.29 is 53.7 Å². The van der Waals surface area contributed by atoms with E-state index in [0.717, 1.165) is 6.92 Å². The van der Waals surface area contributed by atoms with E-state index in [9.17, 15) is 43.5 Å². The minimum Gasteiger partial charge on any atom is -0.481 e. The number of nitrogens with zero attached hydrogens (tertiary/aromatic N) is 1. The highest BCUT2D eigenvalue weighted by Gasteiger charge is 2.31. The topological polar surface area (TPSA) is 223 Å². The molecule has 1 rings (SSSR count). The summed E-state index contributed by atoms with van der Waals surface area (Å²) < 4.78 is 12.9. The largest absolute Gasteiger partial charge is 0.481 e. The summed E-state index contributed by atoms with van der Waals surface area (Å²) in [6, 6.07) is 0.877. The van der Waals surface area contributed by atoms with Gasteiger partial charge in [-0.1, -0.05) is 0 Å². The molecule has 0 aliphatic heterocycles. The standard InChI is InChI=1S/C22H29FN4O10/c1-12(23)18(30)25-14-7-5-13(6-8-14)19(31)24-11-3-2-4-16(21(34)35)27(37)22(36)26-15(20(32)33)9-10-17(28)29/h5-8,12,15-16,37H,2-4,9-11H2,1H3,(H,24,31)(H,25,30)(H,26,36)(H,28,29)(H,32,33)(H,34,35)/t12?,15-,16-/m0/s1. The number of carbonyl (C=O) groups is 6. The second kappa shape index (κ2) is 15.0. The highest BCUT2D eigenvalue weighted by molar-refractivity contribution is 5.96. The first-order chi connectivity index (χ1) is 17.3. The second-order valence-corrected chi connectivity index (χ2v) is 7.91. The van der Waals surface area contributed by atoms with Crippen molar-refractivity contribution in [2.45, 2.75) is 57.3 Å². The third-order valence-corrected chi connectivity index (χ3v) is 5.00. The maximum absolute atomic E-state index is 12.9. The van der Waals surface area contributed by atoms with Crippen LogP contribution in [0.1, 0.15) is 49.4 Å². The summed E-state index contributed by atoms with van der Waals surface area (Å²) in [6.07, 6.45) is -2.56. The van der Waals surface area contributed by atoms with Crippen LogP contribution in [0.3, 0.4) is 0 Å². The molecule has 14 nitrogen and oxygen atoms in total. The van der Waals surface area contributed by atoms with Crippen LogP contribution >= 0.6 is 0 Å². The molecule has 0 aliphatic rings. The molecule has 1 unspecified atom stereocenters. The molecule has 0 bridgehead atoms. The molecule has 37 heavy (non-hydrogen) atoms. The minimum absolute atomic E-state index is 0.122. The fourth-order valence-corrected chi connectivity index (χ4v) is 2.95. The summed E-state index contributed by atoms with van der Waals surface area (Å²) in [5.41, 5.74) is 0.559. The van der Waals surface area contributed by atoms with Gasteiger partial charge in [0.2, 0.25) is 0 Å². The monoisotopic (exact) mass is 528 g/mol. The Morgan fingerprint density at radius 1 is 0.946 bits per heavy atom. The summed E-state index contributed by atoms with van der Waals surface area (Å²) in [4.78, 5) is 68.9. The van der Waals surface area contributed by atoms with Gasteiger partial charge in [0.15, 0.2) is 12.2 Å². The first-order valence-electron chi connectivity index (χ1n) is 11.1. The van der Waals surface area contributed by atoms with Crippen molar-refractivity contribution in [1.29, 1.82) is 0 Å². The number of carboxylic acids is 3. The number of nitrogens with one attached hydrogen (secondary N) is 3. The number of hydrogen-bond acceptors (Lipinski definition) is 7. The zero-order valence-corrected chi connectivity index (χ0v) is 19.8. The van der Waals surface area contributed by atoms with E-state index < -0.39 is 66.9 Å². The number of anilines is 1. The lowest BCUT2D eigenvalue weighted by atomic mass is 10.1. The average Bonchev–Trinajstić information content (AvgIpc) is 2.82. The number of alkyl halides is 1. The minimum atomic E-state index is -1.72. The second-order valence-electron chi connectivity index (χ2n) is 7.91. The molecule has 0 aromatic heterocycles. The molecule has 4 amide bonds. The van der Waals surface area contributed by atoms with E-state index in [2.05, 4.69) is 10.6 Å². The molecule has 7 N–H and O–H groups in total. The highest BCUT2D eigenvalue weighted by atomic mass is 19.1. The van der Waals surface area contributed by atoms with Gasteiger partial charge in [0, 0.05) is 24.2 Å². The highest BCUT2D eigenvalue weighted by Crippen LogP contribution is 2.12. The van der Waals surface area contributed by atoms with Crippen LogP contribution in [-0.4, -0.2) is 86.1 Å². The number of rotatable bonds is 15. The van der Waals surface area contributed by atoms with E-state index in [4.69, 9.17) is 10.2 Å². The Morgan fingerprint density at radius 3 is 2.08 bits per heavy atom. The zero-order chi connectivity index (χ0) is 28.1. The van der Waals surface area contributed by atoms with Crippen molar-refractivity contribution in [3.63, 3.8) is 0 Å². The van der Waals surface area contributed by atoms with Crippen molar-refractivity contribution in [3.8, 4) is 0 Å². The number of unbranched alkanes of at least 4 members (excludes halogenated alkanes) is 1. The SMILES string of the molecule is CC(F)C(=O)Nc1ccc(C(=O)NCCCC[C@@H](C(=O)O)N(O)C(=O)N[C@@H](CCC(=O)O)C(=O)O)cc1. The van der Waals surface area contributed by atoms with Crippen LogP contribution in [0.4, 0.5) is 14.9 Å². The van der Waals surface area contributed by atoms with Crippen LogP contribution < -0.4 is 16.0 Å². The van der Waals surface area contributed by atoms with E-state index in [1.165, 1.54) is 24.3 Å². The molecule has 0 radical (unpaired) electrons. The predicted molar refractivity (Wildman–Crippen MR) is 124 cm³/mol. The summed E-state index contributed by atoms with van der Waals surface area (Å²) in [5.74, 6) is -5.70. The number of aliphatic carboxylic acids is 3. The van der Waals surface area contributed by atoms with Crippen LogP contribution in [0.15, 0.2) is 24.3 Å².